The predicted molar refractivity (Wildman–Crippen MR) is 400 cm³/mol. The van der Waals surface area contributed by atoms with E-state index in [1.165, 1.54) is 110 Å². The molecule has 8 heterocycles. The zero-order valence-corrected chi connectivity index (χ0v) is 52.3. The molecule has 0 spiro atoms. The molecule has 0 aliphatic carbocycles. The average molecular weight is 1250 g/mol. The molecular weight excluding hydrogens is 1210 g/mol. The Bertz CT molecular complexity index is 6600. The van der Waals surface area contributed by atoms with Crippen molar-refractivity contribution in [1.82, 2.24) is 29.1 Å². The summed E-state index contributed by atoms with van der Waals surface area (Å²) < 4.78 is 18.5. The van der Waals surface area contributed by atoms with Crippen LogP contribution in [0.3, 0.4) is 0 Å². The summed E-state index contributed by atoms with van der Waals surface area (Å²) in [5.41, 5.74) is 11.6. The Kier molecular flexibility index (Phi) is 11.0. The lowest BCUT2D eigenvalue weighted by Gasteiger charge is -2.11. The van der Waals surface area contributed by atoms with Crippen molar-refractivity contribution in [3.05, 3.63) is 279 Å². The van der Waals surface area contributed by atoms with E-state index in [1.54, 1.807) is 11.3 Å². The molecule has 0 unspecified atom stereocenters. The summed E-state index contributed by atoms with van der Waals surface area (Å²) in [6.45, 7) is 0. The van der Waals surface area contributed by atoms with E-state index < -0.39 is 0 Å². The van der Waals surface area contributed by atoms with E-state index in [4.69, 9.17) is 24.4 Å². The molecule has 0 radical (unpaired) electrons. The lowest BCUT2D eigenvalue weighted by molar-refractivity contribution is 0.666. The Hall–Kier alpha value is -11.7. The second-order valence-corrected chi connectivity index (χ2v) is 27.6. The molecule has 0 aliphatic heterocycles. The topological polar surface area (TPSA) is 74.6 Å². The van der Waals surface area contributed by atoms with Crippen molar-refractivity contribution in [2.24, 2.45) is 0 Å². The minimum atomic E-state index is 0.627. The van der Waals surface area contributed by atoms with Crippen molar-refractivity contribution in [2.75, 3.05) is 0 Å². The number of aromatic nitrogens is 6. The van der Waals surface area contributed by atoms with Crippen LogP contribution in [-0.4, -0.2) is 29.1 Å². The minimum absolute atomic E-state index is 0.627. The molecule has 0 bridgehead atoms. The van der Waals surface area contributed by atoms with Crippen LogP contribution in [0.15, 0.2) is 283 Å². The van der Waals surface area contributed by atoms with Crippen molar-refractivity contribution in [3.8, 4) is 34.4 Å². The van der Waals surface area contributed by atoms with E-state index in [-0.39, 0.29) is 0 Å². The van der Waals surface area contributed by atoms with Crippen LogP contribution in [0.4, 0.5) is 0 Å². The van der Waals surface area contributed by atoms with Gasteiger partial charge < -0.3 is 4.42 Å². The fraction of sp³-hybridized carbons (Fsp3) is 0. The van der Waals surface area contributed by atoms with Crippen LogP contribution in [-0.2, 0) is 0 Å². The van der Waals surface area contributed by atoms with Crippen LogP contribution >= 0.6 is 34.0 Å². The van der Waals surface area contributed by atoms with Gasteiger partial charge in [0.15, 0.2) is 5.58 Å². The summed E-state index contributed by atoms with van der Waals surface area (Å²) in [6.07, 6.45) is 0. The largest absolute Gasteiger partial charge is 0.452 e. The Balaban J connectivity index is 0.000000126. The molecule has 7 nitrogen and oxygen atoms in total. The van der Waals surface area contributed by atoms with Gasteiger partial charge in [0.2, 0.25) is 11.9 Å². The number of rotatable bonds is 4. The maximum Gasteiger partial charge on any atom is 0.236 e. The first kappa shape index (κ1) is 52.0. The first-order chi connectivity index (χ1) is 46.6. The zero-order chi connectivity index (χ0) is 61.3. The van der Waals surface area contributed by atoms with E-state index in [1.807, 2.05) is 40.9 Å². The molecule has 8 aromatic heterocycles. The highest BCUT2D eigenvalue weighted by Gasteiger charge is 2.26. The average Bonchev–Trinajstić information content (AvgIpc) is 1.56. The summed E-state index contributed by atoms with van der Waals surface area (Å²) in [4.78, 5) is 21.7. The van der Waals surface area contributed by atoms with Crippen LogP contribution in [0, 0.1) is 0 Å². The van der Waals surface area contributed by atoms with Gasteiger partial charge in [-0.2, -0.15) is 0 Å². The zero-order valence-electron chi connectivity index (χ0n) is 49.9. The van der Waals surface area contributed by atoms with Crippen molar-refractivity contribution < 1.29 is 4.42 Å². The van der Waals surface area contributed by atoms with Crippen molar-refractivity contribution in [2.45, 2.75) is 0 Å². The number of furan rings is 1. The number of benzene rings is 14. The summed E-state index contributed by atoms with van der Waals surface area (Å²) in [6, 6.07) is 100. The van der Waals surface area contributed by atoms with Crippen LogP contribution in [0.25, 0.3) is 204 Å². The summed E-state index contributed by atoms with van der Waals surface area (Å²) in [7, 11) is 0. The van der Waals surface area contributed by atoms with Crippen molar-refractivity contribution in [3.63, 3.8) is 0 Å². The minimum Gasteiger partial charge on any atom is -0.452 e. The van der Waals surface area contributed by atoms with Gasteiger partial charge >= 0.3 is 0 Å². The monoisotopic (exact) mass is 1250 g/mol. The van der Waals surface area contributed by atoms with Gasteiger partial charge in [-0.25, -0.2) is 19.9 Å². The molecule has 0 N–H and O–H groups in total. The highest BCUT2D eigenvalue weighted by atomic mass is 32.1. The molecule has 436 valence electrons. The van der Waals surface area contributed by atoms with Gasteiger partial charge in [0.25, 0.3) is 0 Å². The van der Waals surface area contributed by atoms with Gasteiger partial charge in [0.1, 0.15) is 16.8 Å². The van der Waals surface area contributed by atoms with Crippen LogP contribution in [0.1, 0.15) is 0 Å². The quantitative estimate of drug-likeness (QED) is 0.176. The first-order valence-corrected chi connectivity index (χ1v) is 33.9. The number of hydrogen-bond acceptors (Lipinski definition) is 8. The summed E-state index contributed by atoms with van der Waals surface area (Å²) in [5, 5.41) is 21.6. The number of para-hydroxylation sites is 1. The molecule has 22 rings (SSSR count). The fourth-order valence-electron chi connectivity index (χ4n) is 14.8. The van der Waals surface area contributed by atoms with Gasteiger partial charge in [-0.15, -0.1) is 34.0 Å². The molecular formula is C84H46N6OS3. The molecule has 14 aromatic carbocycles. The lowest BCUT2D eigenvalue weighted by atomic mass is 10.0. The predicted octanol–water partition coefficient (Wildman–Crippen LogP) is 24.1. The molecule has 0 fully saturated rings. The van der Waals surface area contributed by atoms with Crippen LogP contribution in [0.5, 0.6) is 0 Å². The standard InChI is InChI=1S/C42H23N3OS.C42H23N3S2/c1-2-11-26-22-34-33(21-25(26)10-1)31-20-17-24-9-3-4-12-28(24)40(31)45(34)42-43-38(41-39(44-42)32-14-5-7-15-35(32)46-41)27-18-19-30-29-13-6-8-16-36(29)47-37(30)23-27;1-2-11-26-22-34-33(21-25(26)10-1)31-20-17-24-9-3-4-12-28(24)40(31)45(34)42-43-38(41-39(44-42)32-14-6-8-16-36(32)47-41)27-18-19-30-29-13-5-7-15-35(29)46-37(30)23-27/h2*1-23H. The van der Waals surface area contributed by atoms with Gasteiger partial charge in [0.05, 0.1) is 38.0 Å². The maximum absolute atomic E-state index is 6.55. The van der Waals surface area contributed by atoms with Gasteiger partial charge in [-0.05, 0) is 99.0 Å². The second kappa shape index (κ2) is 19.9. The SMILES string of the molecule is c1ccc2cc3c(cc2c1)c1ccc2ccccc2c1n3-c1nc(-c2ccc3c(c2)sc2ccccc23)c2oc3ccccc3c2n1.c1ccc2cc3c(cc2c1)c1ccc2ccccc2c1n3-c1nc(-c2ccc3c(c2)sc2ccccc23)c2sc3ccccc3c2n1. The van der Waals surface area contributed by atoms with Gasteiger partial charge in [-0.1, -0.05) is 212 Å². The molecule has 0 saturated carbocycles. The van der Waals surface area contributed by atoms with E-state index in [9.17, 15) is 0 Å². The van der Waals surface area contributed by atoms with Crippen molar-refractivity contribution in [1.29, 1.82) is 0 Å². The van der Waals surface area contributed by atoms with E-state index in [2.05, 4.69) is 270 Å². The summed E-state index contributed by atoms with van der Waals surface area (Å²) in [5.74, 6) is 1.32. The fourth-order valence-corrected chi connectivity index (χ4v) is 18.3. The number of hydrogen-bond donors (Lipinski definition) is 0. The Morgan fingerprint density at radius 2 is 0.670 bits per heavy atom. The third kappa shape index (κ3) is 7.70. The Morgan fingerprint density at radius 1 is 0.266 bits per heavy atom. The normalized spacial score (nSPS) is 12.3. The van der Waals surface area contributed by atoms with Crippen LogP contribution < -0.4 is 0 Å². The molecule has 0 aliphatic rings. The molecule has 0 amide bonds. The van der Waals surface area contributed by atoms with Gasteiger partial charge in [0, 0.05) is 99.3 Å². The summed E-state index contributed by atoms with van der Waals surface area (Å²) >= 11 is 5.43. The molecule has 0 atom stereocenters. The Labute approximate surface area is 546 Å². The number of fused-ring (bicyclic) bond motifs is 24. The maximum atomic E-state index is 6.55. The van der Waals surface area contributed by atoms with E-state index in [0.717, 1.165) is 76.7 Å². The molecule has 0 saturated heterocycles. The highest BCUT2D eigenvalue weighted by Crippen LogP contribution is 2.46. The highest BCUT2D eigenvalue weighted by molar-refractivity contribution is 7.27. The Morgan fingerprint density at radius 3 is 1.22 bits per heavy atom. The first-order valence-electron chi connectivity index (χ1n) is 31.5. The third-order valence-electron chi connectivity index (χ3n) is 19.2. The van der Waals surface area contributed by atoms with E-state index >= 15 is 0 Å². The van der Waals surface area contributed by atoms with Gasteiger partial charge in [-0.3, -0.25) is 9.13 Å². The number of nitrogens with zero attached hydrogens (tertiary/aromatic N) is 6. The second-order valence-electron chi connectivity index (χ2n) is 24.4. The number of thiophene rings is 3. The smallest absolute Gasteiger partial charge is 0.236 e. The van der Waals surface area contributed by atoms with Crippen molar-refractivity contribution >= 4 is 203 Å². The third-order valence-corrected chi connectivity index (χ3v) is 22.6. The van der Waals surface area contributed by atoms with E-state index in [0.29, 0.717) is 17.5 Å². The van der Waals surface area contributed by atoms with Crippen LogP contribution in [0.2, 0.25) is 0 Å². The molecule has 22 aromatic rings. The molecule has 94 heavy (non-hydrogen) atoms. The molecule has 10 heteroatoms. The lowest BCUT2D eigenvalue weighted by Crippen LogP contribution is -2.03.